The zero-order valence-electron chi connectivity index (χ0n) is 6.46. The van der Waals surface area contributed by atoms with Crippen LogP contribution in [0.25, 0.3) is 0 Å². The lowest BCUT2D eigenvalue weighted by atomic mass is 10.1. The number of halogens is 1. The predicted molar refractivity (Wildman–Crippen MR) is 59.5 cm³/mol. The van der Waals surface area contributed by atoms with E-state index in [0.717, 1.165) is 17.7 Å². The fraction of sp³-hybridized carbons (Fsp3) is 0.333. The van der Waals surface area contributed by atoms with Gasteiger partial charge >= 0.3 is 0 Å². The highest BCUT2D eigenvalue weighted by atomic mass is 127. The first-order valence-corrected chi connectivity index (χ1v) is 5.95. The summed E-state index contributed by atoms with van der Waals surface area (Å²) in [6.45, 7) is 0. The Labute approximate surface area is 89.7 Å². The Hall–Kier alpha value is 0.260. The smallest absolute Gasteiger partial charge is 0.0809 e. The van der Waals surface area contributed by atoms with Gasteiger partial charge < -0.3 is 5.11 Å². The minimum atomic E-state index is -0.240. The van der Waals surface area contributed by atoms with Gasteiger partial charge in [-0.2, -0.15) is 0 Å². The van der Waals surface area contributed by atoms with E-state index in [9.17, 15) is 5.11 Å². The van der Waals surface area contributed by atoms with Gasteiger partial charge in [-0.15, -0.1) is 11.8 Å². The molecule has 1 N–H and O–H groups in total. The Morgan fingerprint density at radius 2 is 2.33 bits per heavy atom. The van der Waals surface area contributed by atoms with Gasteiger partial charge in [-0.1, -0.05) is 12.1 Å². The molecule has 0 amide bonds. The number of benzene rings is 1. The fourth-order valence-corrected chi connectivity index (χ4v) is 3.48. The number of aliphatic hydroxyl groups is 1. The molecule has 1 unspecified atom stereocenters. The van der Waals surface area contributed by atoms with Crippen molar-refractivity contribution in [1.82, 2.24) is 0 Å². The van der Waals surface area contributed by atoms with Gasteiger partial charge in [0.05, 0.1) is 6.10 Å². The Balaban J connectivity index is 2.52. The molecule has 1 aliphatic rings. The van der Waals surface area contributed by atoms with Gasteiger partial charge in [0.15, 0.2) is 0 Å². The van der Waals surface area contributed by atoms with Crippen LogP contribution >= 0.6 is 34.4 Å². The number of hydrogen-bond acceptors (Lipinski definition) is 2. The van der Waals surface area contributed by atoms with E-state index in [1.165, 1.54) is 8.47 Å². The highest BCUT2D eigenvalue weighted by Gasteiger charge is 2.19. The maximum Gasteiger partial charge on any atom is 0.0809 e. The molecule has 3 heteroatoms. The summed E-state index contributed by atoms with van der Waals surface area (Å²) >= 11 is 4.17. The quantitative estimate of drug-likeness (QED) is 0.742. The predicted octanol–water partition coefficient (Wildman–Crippen LogP) is 2.82. The van der Waals surface area contributed by atoms with Crippen LogP contribution in [0.4, 0.5) is 0 Å². The van der Waals surface area contributed by atoms with E-state index in [4.69, 9.17) is 0 Å². The van der Waals surface area contributed by atoms with Gasteiger partial charge in [0.2, 0.25) is 0 Å². The summed E-state index contributed by atoms with van der Waals surface area (Å²) in [5.41, 5.74) is 1.11. The van der Waals surface area contributed by atoms with Crippen LogP contribution in [-0.2, 0) is 0 Å². The van der Waals surface area contributed by atoms with Crippen molar-refractivity contribution < 1.29 is 5.11 Å². The molecular formula is C9H9IOS. The zero-order valence-corrected chi connectivity index (χ0v) is 9.43. The Morgan fingerprint density at radius 3 is 3.08 bits per heavy atom. The first-order valence-electron chi connectivity index (χ1n) is 3.88. The molecular weight excluding hydrogens is 283 g/mol. The summed E-state index contributed by atoms with van der Waals surface area (Å²) in [4.78, 5) is 1.27. The van der Waals surface area contributed by atoms with E-state index in [-0.39, 0.29) is 6.10 Å². The number of aliphatic hydroxyl groups excluding tert-OH is 1. The Kier molecular flexibility index (Phi) is 2.62. The molecule has 1 aromatic carbocycles. The van der Waals surface area contributed by atoms with Crippen LogP contribution < -0.4 is 0 Å². The number of hydrogen-bond donors (Lipinski definition) is 1. The van der Waals surface area contributed by atoms with E-state index in [2.05, 4.69) is 28.7 Å². The van der Waals surface area contributed by atoms with Crippen LogP contribution in [-0.4, -0.2) is 10.9 Å². The van der Waals surface area contributed by atoms with E-state index < -0.39 is 0 Å². The first-order chi connectivity index (χ1) is 5.79. The third-order valence-corrected chi connectivity index (χ3v) is 4.44. The fourth-order valence-electron chi connectivity index (χ4n) is 1.37. The lowest BCUT2D eigenvalue weighted by molar-refractivity contribution is 0.170. The summed E-state index contributed by atoms with van der Waals surface area (Å²) in [5.74, 6) is 1.04. The molecule has 1 aliphatic heterocycles. The maximum atomic E-state index is 9.67. The minimum Gasteiger partial charge on any atom is -0.388 e. The molecule has 0 saturated heterocycles. The third kappa shape index (κ3) is 1.49. The molecule has 0 fully saturated rings. The molecule has 0 aromatic heterocycles. The normalized spacial score (nSPS) is 22.0. The second-order valence-electron chi connectivity index (χ2n) is 2.81. The molecule has 64 valence electrons. The second kappa shape index (κ2) is 3.55. The highest BCUT2D eigenvalue weighted by Crippen LogP contribution is 2.38. The molecule has 0 radical (unpaired) electrons. The van der Waals surface area contributed by atoms with Crippen LogP contribution in [0.2, 0.25) is 0 Å². The van der Waals surface area contributed by atoms with Gasteiger partial charge in [0.1, 0.15) is 0 Å². The van der Waals surface area contributed by atoms with Gasteiger partial charge in [0.25, 0.3) is 0 Å². The summed E-state index contributed by atoms with van der Waals surface area (Å²) < 4.78 is 1.26. The first kappa shape index (κ1) is 8.84. The lowest BCUT2D eigenvalue weighted by Gasteiger charge is -2.21. The highest BCUT2D eigenvalue weighted by molar-refractivity contribution is 14.1. The van der Waals surface area contributed by atoms with Crippen molar-refractivity contribution in [3.8, 4) is 0 Å². The topological polar surface area (TPSA) is 20.2 Å². The number of thioether (sulfide) groups is 1. The Bertz CT molecular complexity index is 301. The lowest BCUT2D eigenvalue weighted by Crippen LogP contribution is -2.07. The van der Waals surface area contributed by atoms with Crippen molar-refractivity contribution in [1.29, 1.82) is 0 Å². The molecule has 1 aromatic rings. The molecule has 2 rings (SSSR count). The molecule has 12 heavy (non-hydrogen) atoms. The van der Waals surface area contributed by atoms with Crippen molar-refractivity contribution in [2.24, 2.45) is 0 Å². The van der Waals surface area contributed by atoms with Crippen molar-refractivity contribution in [2.45, 2.75) is 17.4 Å². The van der Waals surface area contributed by atoms with Crippen molar-refractivity contribution in [3.63, 3.8) is 0 Å². The average Bonchev–Trinajstić information content (AvgIpc) is 2.07. The zero-order chi connectivity index (χ0) is 8.55. The maximum absolute atomic E-state index is 9.67. The van der Waals surface area contributed by atoms with Crippen LogP contribution in [0.15, 0.2) is 23.1 Å². The standard InChI is InChI=1S/C9H9IOS/c10-7-3-1-2-6-8(11)4-5-12-9(6)7/h1-3,8,11H,4-5H2. The SMILES string of the molecule is OC1CCSc2c(I)cccc21. The third-order valence-electron chi connectivity index (χ3n) is 1.99. The Morgan fingerprint density at radius 1 is 1.50 bits per heavy atom. The van der Waals surface area contributed by atoms with E-state index >= 15 is 0 Å². The molecule has 0 aliphatic carbocycles. The summed E-state index contributed by atoms with van der Waals surface area (Å²) in [6.07, 6.45) is 0.647. The summed E-state index contributed by atoms with van der Waals surface area (Å²) in [5, 5.41) is 9.67. The van der Waals surface area contributed by atoms with Crippen molar-refractivity contribution in [2.75, 3.05) is 5.75 Å². The second-order valence-corrected chi connectivity index (χ2v) is 5.08. The van der Waals surface area contributed by atoms with Gasteiger partial charge in [-0.05, 0) is 40.6 Å². The average molecular weight is 292 g/mol. The van der Waals surface area contributed by atoms with Crippen LogP contribution in [0.3, 0.4) is 0 Å². The minimum absolute atomic E-state index is 0.240. The molecule has 1 heterocycles. The number of fused-ring (bicyclic) bond motifs is 1. The van der Waals surface area contributed by atoms with E-state index in [1.54, 1.807) is 0 Å². The molecule has 1 nitrogen and oxygen atoms in total. The summed E-state index contributed by atoms with van der Waals surface area (Å²) in [7, 11) is 0. The van der Waals surface area contributed by atoms with Crippen molar-refractivity contribution >= 4 is 34.4 Å². The van der Waals surface area contributed by atoms with E-state index in [1.807, 2.05) is 23.9 Å². The monoisotopic (exact) mass is 292 g/mol. The van der Waals surface area contributed by atoms with Gasteiger partial charge in [0, 0.05) is 14.2 Å². The largest absolute Gasteiger partial charge is 0.388 e. The molecule has 0 spiro atoms. The van der Waals surface area contributed by atoms with Crippen molar-refractivity contribution in [3.05, 3.63) is 27.3 Å². The summed E-state index contributed by atoms with van der Waals surface area (Å²) in [6, 6.07) is 6.12. The van der Waals surface area contributed by atoms with Gasteiger partial charge in [-0.3, -0.25) is 0 Å². The van der Waals surface area contributed by atoms with Gasteiger partial charge in [-0.25, -0.2) is 0 Å². The van der Waals surface area contributed by atoms with Crippen LogP contribution in [0, 0.1) is 3.57 Å². The molecule has 0 bridgehead atoms. The van der Waals surface area contributed by atoms with E-state index in [0.29, 0.717) is 0 Å². The van der Waals surface area contributed by atoms with Crippen LogP contribution in [0.1, 0.15) is 18.1 Å². The van der Waals surface area contributed by atoms with Crippen LogP contribution in [0.5, 0.6) is 0 Å². The molecule has 1 atom stereocenters. The molecule has 0 saturated carbocycles. The number of rotatable bonds is 0.